The van der Waals surface area contributed by atoms with E-state index in [1.807, 2.05) is 19.9 Å². The van der Waals surface area contributed by atoms with Gasteiger partial charge in [0.1, 0.15) is 0 Å². The second-order valence-corrected chi connectivity index (χ2v) is 4.52. The van der Waals surface area contributed by atoms with E-state index in [0.29, 0.717) is 11.5 Å². The lowest BCUT2D eigenvalue weighted by atomic mass is 10.3. The summed E-state index contributed by atoms with van der Waals surface area (Å²) in [6.45, 7) is 5.53. The maximum Gasteiger partial charge on any atom is 0.241 e. The van der Waals surface area contributed by atoms with Crippen molar-refractivity contribution in [3.63, 3.8) is 0 Å². The highest BCUT2D eigenvalue weighted by Gasteiger charge is 2.08. The summed E-state index contributed by atoms with van der Waals surface area (Å²) in [5, 5.41) is 7.03. The zero-order valence-corrected chi connectivity index (χ0v) is 12.4. The van der Waals surface area contributed by atoms with Crippen molar-refractivity contribution in [3.05, 3.63) is 35.8 Å². The molecule has 108 valence electrons. The van der Waals surface area contributed by atoms with Crippen LogP contribution in [-0.4, -0.2) is 26.7 Å². The molecule has 0 aliphatic carbocycles. The van der Waals surface area contributed by atoms with Gasteiger partial charge in [-0.3, -0.25) is 4.79 Å². The highest BCUT2D eigenvalue weighted by atomic mass is 35.5. The number of nitrogens with two attached hydrogens (primary N) is 1. The number of carbonyl (C=O) groups excluding carboxylic acids is 1. The van der Waals surface area contributed by atoms with Crippen LogP contribution in [0, 0.1) is 13.8 Å². The Morgan fingerprint density at radius 2 is 2.10 bits per heavy atom. The van der Waals surface area contributed by atoms with E-state index >= 15 is 0 Å². The van der Waals surface area contributed by atoms with Crippen molar-refractivity contribution in [2.45, 2.75) is 26.8 Å². The third kappa shape index (κ3) is 3.55. The van der Waals surface area contributed by atoms with Gasteiger partial charge in [0, 0.05) is 5.69 Å². The molecule has 0 saturated heterocycles. The highest BCUT2D eigenvalue weighted by molar-refractivity contribution is 5.94. The molecule has 1 amide bonds. The summed E-state index contributed by atoms with van der Waals surface area (Å²) in [6, 6.07) is 5.01. The fraction of sp³-hybridized carbons (Fsp3) is 0.308. The van der Waals surface area contributed by atoms with Crippen LogP contribution in [-0.2, 0) is 4.79 Å². The minimum absolute atomic E-state index is 0. The van der Waals surface area contributed by atoms with E-state index in [0.717, 1.165) is 11.4 Å². The SMILES string of the molecule is Cc1cc(C)n(-c2ccc(NC(=O)C(C)N)cn2)n1.Cl. The first-order valence-electron chi connectivity index (χ1n) is 6.03. The molecule has 2 heterocycles. The number of rotatable bonds is 3. The molecule has 0 aliphatic heterocycles. The van der Waals surface area contributed by atoms with E-state index in [1.54, 1.807) is 29.9 Å². The number of pyridine rings is 1. The first kappa shape index (κ1) is 16.1. The Labute approximate surface area is 123 Å². The Kier molecular flexibility index (Phi) is 5.24. The molecule has 20 heavy (non-hydrogen) atoms. The second kappa shape index (κ2) is 6.49. The standard InChI is InChI=1S/C13H17N5O.ClH/c1-8-6-9(2)18(17-8)12-5-4-11(7-15-12)16-13(19)10(3)14;/h4-7,10H,14H2,1-3H3,(H,16,19);1H. The van der Waals surface area contributed by atoms with Gasteiger partial charge in [-0.1, -0.05) is 0 Å². The predicted molar refractivity (Wildman–Crippen MR) is 80.4 cm³/mol. The van der Waals surface area contributed by atoms with E-state index < -0.39 is 6.04 Å². The van der Waals surface area contributed by atoms with Crippen molar-refractivity contribution < 1.29 is 4.79 Å². The number of hydrogen-bond donors (Lipinski definition) is 2. The number of carbonyl (C=O) groups is 1. The first-order valence-corrected chi connectivity index (χ1v) is 6.03. The molecule has 2 aromatic rings. The molecule has 3 N–H and O–H groups in total. The van der Waals surface area contributed by atoms with Crippen molar-refractivity contribution in [3.8, 4) is 5.82 Å². The Morgan fingerprint density at radius 1 is 1.40 bits per heavy atom. The molecule has 0 saturated carbocycles. The third-order valence-corrected chi connectivity index (χ3v) is 2.66. The van der Waals surface area contributed by atoms with Crippen molar-refractivity contribution in [2.24, 2.45) is 5.73 Å². The van der Waals surface area contributed by atoms with Crippen LogP contribution in [0.4, 0.5) is 5.69 Å². The van der Waals surface area contributed by atoms with Gasteiger partial charge in [-0.2, -0.15) is 5.10 Å². The van der Waals surface area contributed by atoms with Crippen molar-refractivity contribution in [2.75, 3.05) is 5.32 Å². The average molecular weight is 296 g/mol. The van der Waals surface area contributed by atoms with Gasteiger partial charge in [0.2, 0.25) is 5.91 Å². The minimum Gasteiger partial charge on any atom is -0.323 e. The summed E-state index contributed by atoms with van der Waals surface area (Å²) in [7, 11) is 0. The highest BCUT2D eigenvalue weighted by Crippen LogP contribution is 2.12. The van der Waals surface area contributed by atoms with Crippen LogP contribution in [0.5, 0.6) is 0 Å². The van der Waals surface area contributed by atoms with Gasteiger partial charge >= 0.3 is 0 Å². The molecule has 0 spiro atoms. The molecule has 2 aromatic heterocycles. The van der Waals surface area contributed by atoms with Gasteiger partial charge in [0.25, 0.3) is 0 Å². The first-order chi connectivity index (χ1) is 8.97. The Bertz CT molecular complexity index is 591. The van der Waals surface area contributed by atoms with Crippen molar-refractivity contribution >= 4 is 24.0 Å². The quantitative estimate of drug-likeness (QED) is 0.900. The molecule has 0 aliphatic rings. The van der Waals surface area contributed by atoms with Gasteiger partial charge in [0.15, 0.2) is 5.82 Å². The molecule has 0 radical (unpaired) electrons. The molecule has 1 atom stereocenters. The lowest BCUT2D eigenvalue weighted by Gasteiger charge is -2.08. The number of nitrogens with one attached hydrogen (secondary N) is 1. The van der Waals surface area contributed by atoms with E-state index in [1.165, 1.54) is 0 Å². The summed E-state index contributed by atoms with van der Waals surface area (Å²) in [6.07, 6.45) is 1.59. The van der Waals surface area contributed by atoms with Crippen LogP contribution in [0.1, 0.15) is 18.3 Å². The third-order valence-electron chi connectivity index (χ3n) is 2.66. The zero-order chi connectivity index (χ0) is 14.0. The van der Waals surface area contributed by atoms with Crippen LogP contribution >= 0.6 is 12.4 Å². The second-order valence-electron chi connectivity index (χ2n) is 4.52. The zero-order valence-electron chi connectivity index (χ0n) is 11.6. The maximum atomic E-state index is 11.4. The summed E-state index contributed by atoms with van der Waals surface area (Å²) >= 11 is 0. The molecule has 2 rings (SSSR count). The smallest absolute Gasteiger partial charge is 0.241 e. The summed E-state index contributed by atoms with van der Waals surface area (Å²) in [5.74, 6) is 0.477. The molecule has 0 aromatic carbocycles. The summed E-state index contributed by atoms with van der Waals surface area (Å²) in [4.78, 5) is 15.7. The van der Waals surface area contributed by atoms with Crippen LogP contribution in [0.15, 0.2) is 24.4 Å². The minimum atomic E-state index is -0.546. The van der Waals surface area contributed by atoms with Gasteiger partial charge < -0.3 is 11.1 Å². The molecule has 7 heteroatoms. The molecular weight excluding hydrogens is 278 g/mol. The molecule has 1 unspecified atom stereocenters. The topological polar surface area (TPSA) is 85.8 Å². The number of amides is 1. The van der Waals surface area contributed by atoms with Crippen molar-refractivity contribution in [1.29, 1.82) is 0 Å². The van der Waals surface area contributed by atoms with Crippen molar-refractivity contribution in [1.82, 2.24) is 14.8 Å². The fourth-order valence-corrected chi connectivity index (χ4v) is 1.70. The summed E-state index contributed by atoms with van der Waals surface area (Å²) < 4.78 is 1.76. The largest absolute Gasteiger partial charge is 0.323 e. The number of aryl methyl sites for hydroxylation is 2. The average Bonchev–Trinajstić information content (AvgIpc) is 2.69. The van der Waals surface area contributed by atoms with Crippen LogP contribution in [0.2, 0.25) is 0 Å². The fourth-order valence-electron chi connectivity index (χ4n) is 1.70. The predicted octanol–water partition coefficient (Wildman–Crippen LogP) is 1.59. The molecule has 0 fully saturated rings. The maximum absolute atomic E-state index is 11.4. The van der Waals surface area contributed by atoms with Crippen LogP contribution in [0.25, 0.3) is 5.82 Å². The van der Waals surface area contributed by atoms with Gasteiger partial charge in [-0.15, -0.1) is 12.4 Å². The van der Waals surface area contributed by atoms with Gasteiger partial charge in [0.05, 0.1) is 23.6 Å². The van der Waals surface area contributed by atoms with Crippen LogP contribution in [0.3, 0.4) is 0 Å². The Hall–Kier alpha value is -1.92. The monoisotopic (exact) mass is 295 g/mol. The van der Waals surface area contributed by atoms with Gasteiger partial charge in [-0.25, -0.2) is 9.67 Å². The normalized spacial score (nSPS) is 11.6. The Morgan fingerprint density at radius 3 is 2.55 bits per heavy atom. The van der Waals surface area contributed by atoms with Gasteiger partial charge in [-0.05, 0) is 39.0 Å². The number of halogens is 1. The van der Waals surface area contributed by atoms with E-state index in [9.17, 15) is 4.79 Å². The number of aromatic nitrogens is 3. The molecule has 0 bridgehead atoms. The number of anilines is 1. The van der Waals surface area contributed by atoms with E-state index in [2.05, 4.69) is 15.4 Å². The van der Waals surface area contributed by atoms with E-state index in [-0.39, 0.29) is 18.3 Å². The summed E-state index contributed by atoms with van der Waals surface area (Å²) in [5.41, 5.74) is 8.05. The lowest BCUT2D eigenvalue weighted by Crippen LogP contribution is -2.32. The molecular formula is C13H18ClN5O. The lowest BCUT2D eigenvalue weighted by molar-refractivity contribution is -0.117. The number of hydrogen-bond acceptors (Lipinski definition) is 4. The van der Waals surface area contributed by atoms with Crippen LogP contribution < -0.4 is 11.1 Å². The van der Waals surface area contributed by atoms with E-state index in [4.69, 9.17) is 5.73 Å². The Balaban J connectivity index is 0.00000200. The molecule has 6 nitrogen and oxygen atoms in total. The number of nitrogens with zero attached hydrogens (tertiary/aromatic N) is 3.